The number of rotatable bonds is 39. The number of ether oxygens (including phenoxy) is 3. The quantitative estimate of drug-likeness (QED) is 0.0265. The highest BCUT2D eigenvalue weighted by atomic mass is 16.6. The Bertz CT molecular complexity index is 1040. The molecule has 0 rings (SSSR count). The molecule has 2 unspecified atom stereocenters. The number of unbranched alkanes of at least 4 members (excludes halogenated alkanes) is 19. The highest BCUT2D eigenvalue weighted by molar-refractivity contribution is 5.70. The normalized spacial score (nSPS) is 13.4. The number of carbonyl (C=O) groups excluding carboxylic acids is 3. The molecular formula is C47H83NO7. The lowest BCUT2D eigenvalue weighted by Gasteiger charge is -2.34. The van der Waals surface area contributed by atoms with E-state index in [9.17, 15) is 19.5 Å². The molecule has 0 saturated carbocycles. The fraction of sp³-hybridized carbons (Fsp3) is 0.766. The standard InChI is InChI=1S/C47H83NO7/c1-6-8-10-12-14-16-18-20-22-24-26-28-30-32-34-36-38-46(50)55-43(41-53-40-39-44(47(51)52)48(3,4)5)42-54-45(49)37-35-33-31-29-27-25-23-21-19-17-15-13-11-9-7-2/h15,17,19,21-22,24,26,28,43-44H,6-14,16,18,20,23,25,27,29-42H2,1-5H3/b17-15+,21-19+,24-22+,28-26+. The molecule has 55 heavy (non-hydrogen) atoms. The average Bonchev–Trinajstić information content (AvgIpc) is 3.14. The van der Waals surface area contributed by atoms with E-state index in [1.54, 1.807) is 21.1 Å². The van der Waals surface area contributed by atoms with E-state index in [1.807, 2.05) is 0 Å². The van der Waals surface area contributed by atoms with E-state index in [2.05, 4.69) is 62.5 Å². The van der Waals surface area contributed by atoms with Crippen LogP contribution in [0.2, 0.25) is 0 Å². The number of likely N-dealkylation sites (N-methyl/N-ethyl adjacent to an activating group) is 1. The molecule has 0 N–H and O–H groups in total. The molecular weight excluding hydrogens is 691 g/mol. The fourth-order valence-corrected chi connectivity index (χ4v) is 6.23. The minimum absolute atomic E-state index is 0.0254. The summed E-state index contributed by atoms with van der Waals surface area (Å²) in [5, 5.41) is 11.6. The highest BCUT2D eigenvalue weighted by Crippen LogP contribution is 2.13. The van der Waals surface area contributed by atoms with Crippen molar-refractivity contribution in [2.75, 3.05) is 41.0 Å². The fourth-order valence-electron chi connectivity index (χ4n) is 6.23. The number of allylic oxidation sites excluding steroid dienone is 8. The molecule has 0 amide bonds. The van der Waals surface area contributed by atoms with Crippen LogP contribution in [-0.4, -0.2) is 75.5 Å². The number of carboxylic acid groups (broad SMARTS) is 1. The molecule has 0 saturated heterocycles. The third-order valence-corrected chi connectivity index (χ3v) is 9.74. The third-order valence-electron chi connectivity index (χ3n) is 9.74. The summed E-state index contributed by atoms with van der Waals surface area (Å²) < 4.78 is 17.1. The number of carboxylic acids is 1. The second-order valence-electron chi connectivity index (χ2n) is 16.0. The minimum atomic E-state index is -1.13. The van der Waals surface area contributed by atoms with Crippen molar-refractivity contribution >= 4 is 17.9 Å². The molecule has 318 valence electrons. The first-order valence-corrected chi connectivity index (χ1v) is 22.2. The second kappa shape index (κ2) is 38.2. The van der Waals surface area contributed by atoms with Crippen molar-refractivity contribution in [3.63, 3.8) is 0 Å². The van der Waals surface area contributed by atoms with Crippen LogP contribution in [0.3, 0.4) is 0 Å². The van der Waals surface area contributed by atoms with Gasteiger partial charge in [-0.1, -0.05) is 146 Å². The first-order valence-electron chi connectivity index (χ1n) is 22.2. The van der Waals surface area contributed by atoms with Gasteiger partial charge in [0.15, 0.2) is 6.10 Å². The molecule has 0 bridgehead atoms. The van der Waals surface area contributed by atoms with E-state index in [0.717, 1.165) is 70.6 Å². The molecule has 0 aliphatic rings. The second-order valence-corrected chi connectivity index (χ2v) is 16.0. The van der Waals surface area contributed by atoms with Crippen LogP contribution >= 0.6 is 0 Å². The van der Waals surface area contributed by atoms with Gasteiger partial charge in [0.25, 0.3) is 0 Å². The maximum absolute atomic E-state index is 12.7. The maximum atomic E-state index is 12.7. The van der Waals surface area contributed by atoms with Gasteiger partial charge < -0.3 is 28.6 Å². The maximum Gasteiger partial charge on any atom is 0.306 e. The van der Waals surface area contributed by atoms with E-state index in [-0.39, 0.29) is 49.1 Å². The van der Waals surface area contributed by atoms with Gasteiger partial charge in [-0.3, -0.25) is 9.59 Å². The van der Waals surface area contributed by atoms with Crippen molar-refractivity contribution in [1.82, 2.24) is 0 Å². The van der Waals surface area contributed by atoms with E-state index >= 15 is 0 Å². The Balaban J connectivity index is 4.42. The Morgan fingerprint density at radius 3 is 1.42 bits per heavy atom. The Hall–Kier alpha value is -2.71. The zero-order valence-electron chi connectivity index (χ0n) is 36.1. The first-order chi connectivity index (χ1) is 26.6. The molecule has 0 fully saturated rings. The van der Waals surface area contributed by atoms with Crippen molar-refractivity contribution < 1.29 is 38.2 Å². The highest BCUT2D eigenvalue weighted by Gasteiger charge is 2.25. The number of hydrogen-bond acceptors (Lipinski definition) is 7. The van der Waals surface area contributed by atoms with E-state index in [0.29, 0.717) is 6.42 Å². The summed E-state index contributed by atoms with van der Waals surface area (Å²) in [6, 6.07) is -0.733. The zero-order chi connectivity index (χ0) is 40.7. The lowest BCUT2D eigenvalue weighted by atomic mass is 10.1. The van der Waals surface area contributed by atoms with E-state index in [1.165, 1.54) is 77.0 Å². The van der Waals surface area contributed by atoms with Crippen molar-refractivity contribution in [3.8, 4) is 0 Å². The molecule has 8 nitrogen and oxygen atoms in total. The van der Waals surface area contributed by atoms with Gasteiger partial charge in [-0.2, -0.15) is 0 Å². The van der Waals surface area contributed by atoms with Crippen molar-refractivity contribution in [1.29, 1.82) is 0 Å². The Morgan fingerprint density at radius 2 is 0.945 bits per heavy atom. The molecule has 0 aromatic rings. The van der Waals surface area contributed by atoms with Crippen molar-refractivity contribution in [2.24, 2.45) is 0 Å². The predicted octanol–water partition coefficient (Wildman–Crippen LogP) is 10.7. The number of carbonyl (C=O) groups is 3. The lowest BCUT2D eigenvalue weighted by Crippen LogP contribution is -2.55. The zero-order valence-corrected chi connectivity index (χ0v) is 36.1. The van der Waals surface area contributed by atoms with Crippen LogP contribution in [0.5, 0.6) is 0 Å². The molecule has 0 aromatic carbocycles. The Labute approximate surface area is 337 Å². The lowest BCUT2D eigenvalue weighted by molar-refractivity contribution is -0.889. The van der Waals surface area contributed by atoms with Gasteiger partial charge in [0.05, 0.1) is 40.3 Å². The van der Waals surface area contributed by atoms with Crippen LogP contribution in [0.15, 0.2) is 48.6 Å². The topological polar surface area (TPSA) is 102 Å². The van der Waals surface area contributed by atoms with Crippen molar-refractivity contribution in [2.45, 2.75) is 193 Å². The van der Waals surface area contributed by atoms with Crippen LogP contribution in [-0.2, 0) is 28.6 Å². The van der Waals surface area contributed by atoms with Gasteiger partial charge >= 0.3 is 11.9 Å². The number of nitrogens with zero attached hydrogens (tertiary/aromatic N) is 1. The SMILES string of the molecule is CCCCC/C=C/C=C/CCCCCCCCC(=O)OCC(COCCC(C(=O)[O-])[N+](C)(C)C)OC(=O)CCCCC/C=C/C=C/CCCCCCCCC. The van der Waals surface area contributed by atoms with Crippen molar-refractivity contribution in [3.05, 3.63) is 48.6 Å². The molecule has 0 aromatic heterocycles. The first kappa shape index (κ1) is 52.3. The summed E-state index contributed by atoms with van der Waals surface area (Å²) in [5.74, 6) is -1.79. The van der Waals surface area contributed by atoms with E-state index < -0.39 is 18.1 Å². The van der Waals surface area contributed by atoms with Crippen LogP contribution in [0.1, 0.15) is 181 Å². The van der Waals surface area contributed by atoms with Gasteiger partial charge in [-0.15, -0.1) is 0 Å². The van der Waals surface area contributed by atoms with Crippen LogP contribution < -0.4 is 5.11 Å². The average molecular weight is 774 g/mol. The number of aliphatic carboxylic acids is 1. The largest absolute Gasteiger partial charge is 0.544 e. The third kappa shape index (κ3) is 36.7. The number of esters is 2. The van der Waals surface area contributed by atoms with Gasteiger partial charge in [0, 0.05) is 19.3 Å². The van der Waals surface area contributed by atoms with Crippen LogP contribution in [0.25, 0.3) is 0 Å². The summed E-state index contributed by atoms with van der Waals surface area (Å²) >= 11 is 0. The summed E-state index contributed by atoms with van der Waals surface area (Å²) in [5.41, 5.74) is 0. The van der Waals surface area contributed by atoms with Gasteiger partial charge in [0.1, 0.15) is 12.6 Å². The summed E-state index contributed by atoms with van der Waals surface area (Å²) in [6.07, 6.45) is 44.2. The Kier molecular flexibility index (Phi) is 36.3. The smallest absolute Gasteiger partial charge is 0.306 e. The number of hydrogen-bond donors (Lipinski definition) is 0. The number of quaternary nitrogens is 1. The predicted molar refractivity (Wildman–Crippen MR) is 226 cm³/mol. The monoisotopic (exact) mass is 774 g/mol. The van der Waals surface area contributed by atoms with E-state index in [4.69, 9.17) is 14.2 Å². The van der Waals surface area contributed by atoms with Gasteiger partial charge in [-0.25, -0.2) is 0 Å². The summed E-state index contributed by atoms with van der Waals surface area (Å²) in [6.45, 7) is 4.58. The van der Waals surface area contributed by atoms with Crippen LogP contribution in [0.4, 0.5) is 0 Å². The van der Waals surface area contributed by atoms with Crippen LogP contribution in [0, 0.1) is 0 Å². The van der Waals surface area contributed by atoms with Gasteiger partial charge in [0.2, 0.25) is 0 Å². The summed E-state index contributed by atoms with van der Waals surface area (Å²) in [4.78, 5) is 36.8. The minimum Gasteiger partial charge on any atom is -0.544 e. The molecule has 2 atom stereocenters. The molecule has 0 radical (unpaired) electrons. The Morgan fingerprint density at radius 1 is 0.545 bits per heavy atom. The molecule has 0 heterocycles. The molecule has 0 aliphatic heterocycles. The molecule has 0 spiro atoms. The molecule has 8 heteroatoms. The van der Waals surface area contributed by atoms with Gasteiger partial charge in [-0.05, 0) is 64.2 Å². The molecule has 0 aliphatic carbocycles. The summed E-state index contributed by atoms with van der Waals surface area (Å²) in [7, 11) is 5.39.